The van der Waals surface area contributed by atoms with Crippen molar-refractivity contribution in [2.24, 2.45) is 5.73 Å². The maximum Gasteiger partial charge on any atom is 0.0478 e. The Hall–Kier alpha value is -0.340. The van der Waals surface area contributed by atoms with E-state index in [2.05, 4.69) is 19.1 Å². The molecule has 2 N–H and O–H groups in total. The molecule has 0 bridgehead atoms. The Morgan fingerprint density at radius 3 is 1.65 bits per heavy atom. The molecule has 0 atom stereocenters. The third-order valence-corrected chi connectivity index (χ3v) is 4.29. The van der Waals surface area contributed by atoms with Crippen LogP contribution in [0.15, 0.2) is 12.2 Å². The highest BCUT2D eigenvalue weighted by atomic mass is 16.5. The smallest absolute Gasteiger partial charge is 0.0478 e. The van der Waals surface area contributed by atoms with Crippen LogP contribution in [0.25, 0.3) is 0 Å². The summed E-state index contributed by atoms with van der Waals surface area (Å²) in [6, 6.07) is 0. The first kappa shape index (κ1) is 22.7. The van der Waals surface area contributed by atoms with Crippen LogP contribution in [0.5, 0.6) is 0 Å². The van der Waals surface area contributed by atoms with Crippen molar-refractivity contribution in [3.8, 4) is 0 Å². The molecule has 0 saturated carbocycles. The van der Waals surface area contributed by atoms with Gasteiger partial charge in [0.05, 0.1) is 0 Å². The molecule has 0 aliphatic rings. The largest absolute Gasteiger partial charge is 0.381 e. The third kappa shape index (κ3) is 21.7. The molecule has 0 aromatic heterocycles. The van der Waals surface area contributed by atoms with Gasteiger partial charge in [0.25, 0.3) is 0 Å². The molecule has 0 unspecified atom stereocenters. The summed E-state index contributed by atoms with van der Waals surface area (Å²) < 4.78 is 5.50. The Kier molecular flexibility index (Phi) is 21.3. The second-order valence-corrected chi connectivity index (χ2v) is 6.69. The minimum Gasteiger partial charge on any atom is -0.381 e. The quantitative estimate of drug-likeness (QED) is 0.220. The van der Waals surface area contributed by atoms with E-state index in [0.717, 1.165) is 26.2 Å². The second kappa shape index (κ2) is 21.7. The number of allylic oxidation sites excluding steroid dienone is 2. The predicted molar refractivity (Wildman–Crippen MR) is 104 cm³/mol. The summed E-state index contributed by atoms with van der Waals surface area (Å²) in [5.74, 6) is 0. The van der Waals surface area contributed by atoms with Crippen molar-refractivity contribution in [2.75, 3.05) is 19.8 Å². The van der Waals surface area contributed by atoms with Gasteiger partial charge in [-0.1, -0.05) is 76.9 Å². The maximum absolute atomic E-state index is 5.50. The Morgan fingerprint density at radius 2 is 1.09 bits per heavy atom. The molecule has 0 radical (unpaired) electrons. The average Bonchev–Trinajstić information content (AvgIpc) is 2.57. The Labute approximate surface area is 146 Å². The minimum absolute atomic E-state index is 0.743. The fourth-order valence-electron chi connectivity index (χ4n) is 2.74. The van der Waals surface area contributed by atoms with Gasteiger partial charge in [-0.05, 0) is 45.1 Å². The molecule has 0 fully saturated rings. The molecule has 23 heavy (non-hydrogen) atoms. The van der Waals surface area contributed by atoms with E-state index >= 15 is 0 Å². The predicted octanol–water partition coefficient (Wildman–Crippen LogP) is 6.39. The zero-order chi connectivity index (χ0) is 16.8. The van der Waals surface area contributed by atoms with Crippen molar-refractivity contribution < 1.29 is 4.74 Å². The Balaban J connectivity index is 3.02. The lowest BCUT2D eigenvalue weighted by molar-refractivity contribution is 0.129. The molecule has 0 amide bonds. The lowest BCUT2D eigenvalue weighted by atomic mass is 10.1. The summed E-state index contributed by atoms with van der Waals surface area (Å²) in [6.07, 6.45) is 24.8. The van der Waals surface area contributed by atoms with Crippen molar-refractivity contribution in [1.82, 2.24) is 0 Å². The van der Waals surface area contributed by atoms with Gasteiger partial charge in [-0.2, -0.15) is 0 Å². The fraction of sp³-hybridized carbons (Fsp3) is 0.905. The lowest BCUT2D eigenvalue weighted by Gasteiger charge is -2.03. The van der Waals surface area contributed by atoms with Crippen molar-refractivity contribution in [1.29, 1.82) is 0 Å². The molecule has 0 aliphatic heterocycles. The summed E-state index contributed by atoms with van der Waals surface area (Å²) in [6.45, 7) is 4.78. The van der Waals surface area contributed by atoms with Gasteiger partial charge in [0.15, 0.2) is 0 Å². The van der Waals surface area contributed by atoms with Gasteiger partial charge in [-0.15, -0.1) is 0 Å². The van der Waals surface area contributed by atoms with Crippen LogP contribution in [-0.4, -0.2) is 19.8 Å². The summed E-state index contributed by atoms with van der Waals surface area (Å²) in [4.78, 5) is 0. The molecule has 0 aromatic carbocycles. The number of ether oxygens (including phenoxy) is 1. The van der Waals surface area contributed by atoms with E-state index in [1.54, 1.807) is 0 Å². The van der Waals surface area contributed by atoms with Crippen LogP contribution in [0.1, 0.15) is 103 Å². The summed E-state index contributed by atoms with van der Waals surface area (Å²) in [5.41, 5.74) is 5.42. The molecule has 0 saturated heterocycles. The van der Waals surface area contributed by atoms with E-state index in [1.165, 1.54) is 89.9 Å². The highest BCUT2D eigenvalue weighted by Crippen LogP contribution is 2.09. The van der Waals surface area contributed by atoms with Crippen molar-refractivity contribution in [3.05, 3.63) is 12.2 Å². The van der Waals surface area contributed by atoms with Crippen LogP contribution in [0.3, 0.4) is 0 Å². The Bertz CT molecular complexity index is 228. The van der Waals surface area contributed by atoms with Crippen molar-refractivity contribution in [3.63, 3.8) is 0 Å². The molecule has 0 aliphatic carbocycles. The van der Waals surface area contributed by atoms with Crippen molar-refractivity contribution in [2.45, 2.75) is 103 Å². The second-order valence-electron chi connectivity index (χ2n) is 6.69. The monoisotopic (exact) mass is 325 g/mol. The van der Waals surface area contributed by atoms with Crippen LogP contribution in [0.4, 0.5) is 0 Å². The van der Waals surface area contributed by atoms with Gasteiger partial charge in [0, 0.05) is 13.2 Å². The van der Waals surface area contributed by atoms with Gasteiger partial charge < -0.3 is 10.5 Å². The number of rotatable bonds is 19. The highest BCUT2D eigenvalue weighted by molar-refractivity contribution is 4.81. The van der Waals surface area contributed by atoms with Gasteiger partial charge in [0.2, 0.25) is 0 Å². The highest BCUT2D eigenvalue weighted by Gasteiger charge is 1.92. The van der Waals surface area contributed by atoms with E-state index in [1.807, 2.05) is 0 Å². The molecule has 0 heterocycles. The van der Waals surface area contributed by atoms with Crippen molar-refractivity contribution >= 4 is 0 Å². The van der Waals surface area contributed by atoms with E-state index < -0.39 is 0 Å². The molecule has 0 aromatic rings. The number of hydrogen-bond acceptors (Lipinski definition) is 2. The summed E-state index contributed by atoms with van der Waals surface area (Å²) in [5, 5.41) is 0. The minimum atomic E-state index is 0.743. The molecule has 2 heteroatoms. The standard InChI is InChI=1S/C21H43NO/c1-2-3-4-5-6-7-8-9-10-11-12-13-14-15-16-17-20-23-21-18-19-22/h9-10H,2-8,11-22H2,1H3/b10-9-. The fourth-order valence-corrected chi connectivity index (χ4v) is 2.74. The molecular weight excluding hydrogens is 282 g/mol. The van der Waals surface area contributed by atoms with Crippen LogP contribution >= 0.6 is 0 Å². The number of unbranched alkanes of at least 4 members (excludes halogenated alkanes) is 12. The van der Waals surface area contributed by atoms with Crippen LogP contribution < -0.4 is 5.73 Å². The SMILES string of the molecule is CCCCCCCC/C=C\CCCCCCCCOCCCN. The summed E-state index contributed by atoms with van der Waals surface area (Å²) in [7, 11) is 0. The average molecular weight is 326 g/mol. The van der Waals surface area contributed by atoms with Gasteiger partial charge in [-0.25, -0.2) is 0 Å². The zero-order valence-electron chi connectivity index (χ0n) is 15.9. The molecule has 2 nitrogen and oxygen atoms in total. The van der Waals surface area contributed by atoms with E-state index in [0.29, 0.717) is 0 Å². The van der Waals surface area contributed by atoms with E-state index in [-0.39, 0.29) is 0 Å². The van der Waals surface area contributed by atoms with E-state index in [4.69, 9.17) is 10.5 Å². The first-order valence-electron chi connectivity index (χ1n) is 10.3. The Morgan fingerprint density at radius 1 is 0.609 bits per heavy atom. The first-order valence-corrected chi connectivity index (χ1v) is 10.3. The number of nitrogens with two attached hydrogens (primary N) is 1. The van der Waals surface area contributed by atoms with Crippen LogP contribution in [-0.2, 0) is 4.74 Å². The summed E-state index contributed by atoms with van der Waals surface area (Å²) >= 11 is 0. The normalized spacial score (nSPS) is 11.6. The van der Waals surface area contributed by atoms with E-state index in [9.17, 15) is 0 Å². The lowest BCUT2D eigenvalue weighted by Crippen LogP contribution is -2.04. The van der Waals surface area contributed by atoms with Gasteiger partial charge >= 0.3 is 0 Å². The van der Waals surface area contributed by atoms with Gasteiger partial charge in [0.1, 0.15) is 0 Å². The van der Waals surface area contributed by atoms with Crippen LogP contribution in [0, 0.1) is 0 Å². The third-order valence-electron chi connectivity index (χ3n) is 4.29. The maximum atomic E-state index is 5.50. The first-order chi connectivity index (χ1) is 11.4. The molecular formula is C21H43NO. The zero-order valence-corrected chi connectivity index (χ0v) is 15.9. The van der Waals surface area contributed by atoms with Crippen LogP contribution in [0.2, 0.25) is 0 Å². The topological polar surface area (TPSA) is 35.2 Å². The molecule has 0 rings (SSSR count). The molecule has 138 valence electrons. The number of hydrogen-bond donors (Lipinski definition) is 1. The van der Waals surface area contributed by atoms with Gasteiger partial charge in [-0.3, -0.25) is 0 Å². The molecule has 0 spiro atoms.